The van der Waals surface area contributed by atoms with Crippen LogP contribution in [0.5, 0.6) is 5.75 Å². The van der Waals surface area contributed by atoms with Gasteiger partial charge in [0.1, 0.15) is 30.2 Å². The van der Waals surface area contributed by atoms with Crippen molar-refractivity contribution in [3.63, 3.8) is 0 Å². The fraction of sp³-hybridized carbons (Fsp3) is 0.0500. The summed E-state index contributed by atoms with van der Waals surface area (Å²) in [6.45, 7) is 0.494. The first-order valence-corrected chi connectivity index (χ1v) is 8.15. The van der Waals surface area contributed by atoms with E-state index in [2.05, 4.69) is 20.3 Å². The number of carbonyl (C=O) groups excluding carboxylic acids is 1. The van der Waals surface area contributed by atoms with E-state index < -0.39 is 0 Å². The number of hydrogen-bond acceptors (Lipinski definition) is 4. The Morgan fingerprint density at radius 2 is 1.96 bits per heavy atom. The number of nitrogens with one attached hydrogen (secondary N) is 2. The summed E-state index contributed by atoms with van der Waals surface area (Å²) in [4.78, 5) is 23.3. The lowest BCUT2D eigenvalue weighted by Crippen LogP contribution is -2.13. The van der Waals surface area contributed by atoms with Crippen LogP contribution in [0.15, 0.2) is 73.2 Å². The second-order valence-corrected chi connectivity index (χ2v) is 5.76. The van der Waals surface area contributed by atoms with Crippen molar-refractivity contribution in [3.05, 3.63) is 84.4 Å². The highest BCUT2D eigenvalue weighted by Gasteiger charge is 2.11. The molecule has 0 saturated carbocycles. The number of fused-ring (bicyclic) bond motifs is 1. The molecular weight excluding hydrogens is 328 g/mol. The molecule has 0 spiro atoms. The van der Waals surface area contributed by atoms with E-state index in [0.717, 1.165) is 22.2 Å². The van der Waals surface area contributed by atoms with Crippen LogP contribution in [-0.2, 0) is 6.61 Å². The van der Waals surface area contributed by atoms with Crippen LogP contribution in [0, 0.1) is 0 Å². The van der Waals surface area contributed by atoms with Gasteiger partial charge in [0, 0.05) is 23.2 Å². The van der Waals surface area contributed by atoms with Crippen molar-refractivity contribution in [2.45, 2.75) is 6.61 Å². The van der Waals surface area contributed by atoms with Gasteiger partial charge in [-0.2, -0.15) is 0 Å². The number of ether oxygens (including phenoxy) is 1. The first-order chi connectivity index (χ1) is 12.8. The molecule has 0 fully saturated rings. The van der Waals surface area contributed by atoms with Crippen LogP contribution < -0.4 is 10.1 Å². The fourth-order valence-electron chi connectivity index (χ4n) is 2.61. The van der Waals surface area contributed by atoms with Gasteiger partial charge >= 0.3 is 0 Å². The van der Waals surface area contributed by atoms with Gasteiger partial charge < -0.3 is 15.0 Å². The van der Waals surface area contributed by atoms with Crippen LogP contribution in [0.4, 0.5) is 5.82 Å². The van der Waals surface area contributed by atoms with Gasteiger partial charge in [-0.1, -0.05) is 30.3 Å². The lowest BCUT2D eigenvalue weighted by molar-refractivity contribution is 0.102. The van der Waals surface area contributed by atoms with E-state index in [-0.39, 0.29) is 5.91 Å². The molecule has 1 amide bonds. The van der Waals surface area contributed by atoms with Crippen molar-refractivity contribution in [3.8, 4) is 5.75 Å². The average molecular weight is 344 g/mol. The summed E-state index contributed by atoms with van der Waals surface area (Å²) >= 11 is 0. The summed E-state index contributed by atoms with van der Waals surface area (Å²) in [5.41, 5.74) is 2.39. The SMILES string of the molecule is O=C(Nc1ccncn1)c1cc2ccc(OCc3ccccc3)cc2[nH]1. The lowest BCUT2D eigenvalue weighted by atomic mass is 10.2. The number of amides is 1. The van der Waals surface area contributed by atoms with Gasteiger partial charge in [-0.3, -0.25) is 4.79 Å². The molecule has 6 heteroatoms. The summed E-state index contributed by atoms with van der Waals surface area (Å²) in [5, 5.41) is 3.66. The molecule has 26 heavy (non-hydrogen) atoms. The van der Waals surface area contributed by atoms with E-state index >= 15 is 0 Å². The van der Waals surface area contributed by atoms with Crippen LogP contribution in [0.1, 0.15) is 16.1 Å². The number of benzene rings is 2. The summed E-state index contributed by atoms with van der Waals surface area (Å²) < 4.78 is 5.83. The Balaban J connectivity index is 1.49. The highest BCUT2D eigenvalue weighted by atomic mass is 16.5. The van der Waals surface area contributed by atoms with Crippen molar-refractivity contribution < 1.29 is 9.53 Å². The van der Waals surface area contributed by atoms with Crippen molar-refractivity contribution in [1.29, 1.82) is 0 Å². The number of aromatic nitrogens is 3. The molecule has 2 aromatic carbocycles. The van der Waals surface area contributed by atoms with E-state index in [1.807, 2.05) is 48.5 Å². The Labute approximate surface area is 149 Å². The second kappa shape index (κ2) is 7.06. The van der Waals surface area contributed by atoms with Crippen LogP contribution in [0.25, 0.3) is 10.9 Å². The zero-order valence-electron chi connectivity index (χ0n) is 13.8. The van der Waals surface area contributed by atoms with Gasteiger partial charge in [-0.15, -0.1) is 0 Å². The molecule has 4 rings (SSSR count). The first kappa shape index (κ1) is 15.8. The van der Waals surface area contributed by atoms with E-state index in [1.54, 1.807) is 18.3 Å². The molecular formula is C20H16N4O2. The number of H-pyrrole nitrogens is 1. The van der Waals surface area contributed by atoms with Crippen molar-refractivity contribution in [2.75, 3.05) is 5.32 Å². The number of hydrogen-bond donors (Lipinski definition) is 2. The molecule has 6 nitrogen and oxygen atoms in total. The smallest absolute Gasteiger partial charge is 0.273 e. The summed E-state index contributed by atoms with van der Waals surface area (Å²) in [7, 11) is 0. The van der Waals surface area contributed by atoms with Gasteiger partial charge in [0.15, 0.2) is 0 Å². The molecule has 128 valence electrons. The average Bonchev–Trinajstić information content (AvgIpc) is 3.11. The Hall–Kier alpha value is -3.67. The maximum absolute atomic E-state index is 12.3. The Morgan fingerprint density at radius 1 is 1.08 bits per heavy atom. The van der Waals surface area contributed by atoms with Gasteiger partial charge in [0.25, 0.3) is 5.91 Å². The number of carbonyl (C=O) groups is 1. The number of aromatic amines is 1. The predicted molar refractivity (Wildman–Crippen MR) is 99.1 cm³/mol. The van der Waals surface area contributed by atoms with E-state index in [0.29, 0.717) is 18.1 Å². The molecule has 2 N–H and O–H groups in total. The predicted octanol–water partition coefficient (Wildman–Crippen LogP) is 3.79. The third kappa shape index (κ3) is 3.54. The lowest BCUT2D eigenvalue weighted by Gasteiger charge is -2.06. The minimum absolute atomic E-state index is 0.258. The largest absolute Gasteiger partial charge is 0.489 e. The Morgan fingerprint density at radius 3 is 2.77 bits per heavy atom. The summed E-state index contributed by atoms with van der Waals surface area (Å²) in [6, 6.07) is 19.1. The van der Waals surface area contributed by atoms with Crippen LogP contribution in [-0.4, -0.2) is 20.9 Å². The second-order valence-electron chi connectivity index (χ2n) is 5.76. The monoisotopic (exact) mass is 344 g/mol. The maximum Gasteiger partial charge on any atom is 0.273 e. The van der Waals surface area contributed by atoms with Gasteiger partial charge in [0.05, 0.1) is 0 Å². The third-order valence-electron chi connectivity index (χ3n) is 3.91. The fourth-order valence-corrected chi connectivity index (χ4v) is 2.61. The van der Waals surface area contributed by atoms with Crippen molar-refractivity contribution >= 4 is 22.6 Å². The van der Waals surface area contributed by atoms with Crippen molar-refractivity contribution in [2.24, 2.45) is 0 Å². The third-order valence-corrected chi connectivity index (χ3v) is 3.91. The van der Waals surface area contributed by atoms with E-state index in [4.69, 9.17) is 4.74 Å². The zero-order chi connectivity index (χ0) is 17.8. The highest BCUT2D eigenvalue weighted by Crippen LogP contribution is 2.22. The number of rotatable bonds is 5. The van der Waals surface area contributed by atoms with Crippen molar-refractivity contribution in [1.82, 2.24) is 15.0 Å². The summed E-state index contributed by atoms with van der Waals surface area (Å²) in [5.74, 6) is 0.938. The maximum atomic E-state index is 12.3. The molecule has 0 radical (unpaired) electrons. The van der Waals surface area contributed by atoms with Gasteiger partial charge in [-0.05, 0) is 29.8 Å². The minimum atomic E-state index is -0.258. The molecule has 2 heterocycles. The topological polar surface area (TPSA) is 79.9 Å². The highest BCUT2D eigenvalue weighted by molar-refractivity contribution is 6.05. The van der Waals surface area contributed by atoms with E-state index in [1.165, 1.54) is 6.33 Å². The molecule has 0 saturated heterocycles. The Bertz CT molecular complexity index is 1030. The molecule has 0 atom stereocenters. The summed E-state index contributed by atoms with van der Waals surface area (Å²) in [6.07, 6.45) is 2.96. The molecule has 0 aliphatic carbocycles. The first-order valence-electron chi connectivity index (χ1n) is 8.15. The quantitative estimate of drug-likeness (QED) is 0.577. The van der Waals surface area contributed by atoms with Gasteiger partial charge in [0.2, 0.25) is 0 Å². The zero-order valence-corrected chi connectivity index (χ0v) is 13.8. The van der Waals surface area contributed by atoms with Crippen LogP contribution in [0.3, 0.4) is 0 Å². The molecule has 0 aliphatic rings. The molecule has 4 aromatic rings. The molecule has 0 unspecified atom stereocenters. The number of nitrogens with zero attached hydrogens (tertiary/aromatic N) is 2. The van der Waals surface area contributed by atoms with Crippen LogP contribution in [0.2, 0.25) is 0 Å². The Kier molecular flexibility index (Phi) is 4.30. The molecule has 2 aromatic heterocycles. The standard InChI is InChI=1S/C20H16N4O2/c25-20(24-19-8-9-21-13-22-19)18-10-15-6-7-16(11-17(15)23-18)26-12-14-4-2-1-3-5-14/h1-11,13,23H,12H2,(H,21,22,24,25). The normalized spacial score (nSPS) is 10.6. The molecule has 0 bridgehead atoms. The van der Waals surface area contributed by atoms with E-state index in [9.17, 15) is 4.79 Å². The van der Waals surface area contributed by atoms with Crippen LogP contribution >= 0.6 is 0 Å². The van der Waals surface area contributed by atoms with Gasteiger partial charge in [-0.25, -0.2) is 9.97 Å². The number of anilines is 1. The minimum Gasteiger partial charge on any atom is -0.489 e. The molecule has 0 aliphatic heterocycles.